The van der Waals surface area contributed by atoms with Gasteiger partial charge in [0, 0.05) is 22.4 Å². The Labute approximate surface area is 125 Å². The molecule has 2 aliphatic rings. The van der Waals surface area contributed by atoms with Gasteiger partial charge in [0.2, 0.25) is 0 Å². The number of halogens is 1. The van der Waals surface area contributed by atoms with Gasteiger partial charge in [0.25, 0.3) is 0 Å². The topological polar surface area (TPSA) is 12.0 Å². The lowest BCUT2D eigenvalue weighted by Gasteiger charge is -2.18. The first-order valence-electron chi connectivity index (χ1n) is 7.39. The minimum atomic E-state index is 0.629. The zero-order chi connectivity index (χ0) is 13.2. The average Bonchev–Trinajstić information content (AvgIpc) is 2.96. The minimum absolute atomic E-state index is 0.629. The molecule has 1 aromatic rings. The normalized spacial score (nSPS) is 29.7. The Bertz CT molecular complexity index is 448. The van der Waals surface area contributed by atoms with E-state index in [0.717, 1.165) is 22.7 Å². The molecule has 0 bridgehead atoms. The molecular weight excluding hydrogens is 274 g/mol. The maximum Gasteiger partial charge on any atom is 0.0408 e. The van der Waals surface area contributed by atoms with E-state index in [2.05, 4.69) is 36.1 Å². The maximum atomic E-state index is 6.07. The van der Waals surface area contributed by atoms with Crippen molar-refractivity contribution in [2.24, 2.45) is 0 Å². The second kappa shape index (κ2) is 6.07. The fraction of sp³-hybridized carbons (Fsp3) is 0.625. The minimum Gasteiger partial charge on any atom is -0.311 e. The van der Waals surface area contributed by atoms with E-state index < -0.39 is 0 Å². The van der Waals surface area contributed by atoms with E-state index in [1.54, 1.807) is 0 Å². The third kappa shape index (κ3) is 3.29. The van der Waals surface area contributed by atoms with Crippen molar-refractivity contribution in [3.63, 3.8) is 0 Å². The quantitative estimate of drug-likeness (QED) is 0.898. The molecule has 0 radical (unpaired) electrons. The van der Waals surface area contributed by atoms with Crippen molar-refractivity contribution >= 4 is 23.4 Å². The van der Waals surface area contributed by atoms with E-state index >= 15 is 0 Å². The molecule has 1 fully saturated rings. The third-order valence-corrected chi connectivity index (χ3v) is 5.83. The molecule has 0 aromatic heterocycles. The van der Waals surface area contributed by atoms with Crippen LogP contribution in [0.4, 0.5) is 0 Å². The van der Waals surface area contributed by atoms with Gasteiger partial charge < -0.3 is 5.32 Å². The zero-order valence-electron chi connectivity index (χ0n) is 11.5. The van der Waals surface area contributed by atoms with Crippen LogP contribution in [0, 0.1) is 0 Å². The molecule has 1 aromatic carbocycles. The number of rotatable bonds is 4. The Morgan fingerprint density at radius 2 is 2.05 bits per heavy atom. The van der Waals surface area contributed by atoms with Crippen molar-refractivity contribution in [1.82, 2.24) is 5.32 Å². The van der Waals surface area contributed by atoms with Crippen LogP contribution in [0.15, 0.2) is 18.2 Å². The van der Waals surface area contributed by atoms with Crippen molar-refractivity contribution in [1.29, 1.82) is 0 Å². The van der Waals surface area contributed by atoms with Crippen LogP contribution in [0.25, 0.3) is 0 Å². The summed E-state index contributed by atoms with van der Waals surface area (Å²) in [5.41, 5.74) is 2.93. The smallest absolute Gasteiger partial charge is 0.0408 e. The van der Waals surface area contributed by atoms with Crippen molar-refractivity contribution in [2.45, 2.75) is 56.4 Å². The molecule has 3 heteroatoms. The molecule has 1 N–H and O–H groups in total. The predicted octanol–water partition coefficient (Wildman–Crippen LogP) is 4.07. The van der Waals surface area contributed by atoms with Crippen LogP contribution < -0.4 is 5.32 Å². The van der Waals surface area contributed by atoms with Gasteiger partial charge in [0.1, 0.15) is 0 Å². The number of nitrogens with one attached hydrogen (secondary N) is 1. The highest BCUT2D eigenvalue weighted by atomic mass is 35.5. The standard InChI is InChI=1S/C16H22ClNS/c1-2-19-16-6-5-14(10-16)18-15-8-11-3-4-13(17)7-12(11)9-15/h3-4,7,14-16,18H,2,5-6,8-10H2,1H3. The van der Waals surface area contributed by atoms with Gasteiger partial charge in [-0.1, -0.05) is 24.6 Å². The highest BCUT2D eigenvalue weighted by molar-refractivity contribution is 7.99. The second-order valence-electron chi connectivity index (χ2n) is 5.77. The van der Waals surface area contributed by atoms with Crippen molar-refractivity contribution in [2.75, 3.05) is 5.75 Å². The summed E-state index contributed by atoms with van der Waals surface area (Å²) in [7, 11) is 0. The average molecular weight is 296 g/mol. The van der Waals surface area contributed by atoms with Crippen LogP contribution in [0.1, 0.15) is 37.3 Å². The van der Waals surface area contributed by atoms with Gasteiger partial charge in [-0.25, -0.2) is 0 Å². The Morgan fingerprint density at radius 1 is 1.21 bits per heavy atom. The monoisotopic (exact) mass is 295 g/mol. The van der Waals surface area contributed by atoms with Crippen molar-refractivity contribution in [3.05, 3.63) is 34.3 Å². The molecule has 0 amide bonds. The highest BCUT2D eigenvalue weighted by Crippen LogP contribution is 2.31. The first-order chi connectivity index (χ1) is 9.24. The molecular formula is C16H22ClNS. The molecule has 1 nitrogen and oxygen atoms in total. The van der Waals surface area contributed by atoms with Gasteiger partial charge in [-0.2, -0.15) is 11.8 Å². The summed E-state index contributed by atoms with van der Waals surface area (Å²) in [6.07, 6.45) is 6.42. The molecule has 3 unspecified atom stereocenters. The first-order valence-corrected chi connectivity index (χ1v) is 8.82. The van der Waals surface area contributed by atoms with Crippen LogP contribution in [0.3, 0.4) is 0 Å². The summed E-state index contributed by atoms with van der Waals surface area (Å²) < 4.78 is 0. The molecule has 3 rings (SSSR count). The molecule has 2 aliphatic carbocycles. The molecule has 1 saturated carbocycles. The first kappa shape index (κ1) is 13.8. The van der Waals surface area contributed by atoms with E-state index in [-0.39, 0.29) is 0 Å². The van der Waals surface area contributed by atoms with E-state index in [0.29, 0.717) is 6.04 Å². The van der Waals surface area contributed by atoms with Crippen LogP contribution in [0.5, 0.6) is 0 Å². The van der Waals surface area contributed by atoms with Crippen molar-refractivity contribution in [3.8, 4) is 0 Å². The van der Waals surface area contributed by atoms with Gasteiger partial charge in [0.15, 0.2) is 0 Å². The summed E-state index contributed by atoms with van der Waals surface area (Å²) in [5, 5.41) is 5.64. The van der Waals surface area contributed by atoms with E-state index in [1.807, 2.05) is 6.07 Å². The van der Waals surface area contributed by atoms with Gasteiger partial charge in [-0.15, -0.1) is 0 Å². The Kier molecular flexibility index (Phi) is 4.40. The second-order valence-corrected chi connectivity index (χ2v) is 7.79. The molecule has 0 saturated heterocycles. The summed E-state index contributed by atoms with van der Waals surface area (Å²) >= 11 is 8.20. The molecule has 19 heavy (non-hydrogen) atoms. The largest absolute Gasteiger partial charge is 0.311 e. The Hall–Kier alpha value is -0.180. The fourth-order valence-corrected chi connectivity index (χ4v) is 4.85. The predicted molar refractivity (Wildman–Crippen MR) is 85.3 cm³/mol. The van der Waals surface area contributed by atoms with Crippen LogP contribution in [-0.4, -0.2) is 23.1 Å². The summed E-state index contributed by atoms with van der Waals surface area (Å²) in [6, 6.07) is 7.72. The van der Waals surface area contributed by atoms with Crippen LogP contribution >= 0.6 is 23.4 Å². The summed E-state index contributed by atoms with van der Waals surface area (Å²) in [6.45, 7) is 2.27. The Morgan fingerprint density at radius 3 is 2.89 bits per heavy atom. The SMILES string of the molecule is CCSC1CCC(NC2Cc3ccc(Cl)cc3C2)C1. The van der Waals surface area contributed by atoms with E-state index in [1.165, 1.54) is 42.6 Å². The number of thioether (sulfide) groups is 1. The molecule has 0 aliphatic heterocycles. The maximum absolute atomic E-state index is 6.07. The number of hydrogen-bond donors (Lipinski definition) is 1. The van der Waals surface area contributed by atoms with Gasteiger partial charge in [-0.3, -0.25) is 0 Å². The lowest BCUT2D eigenvalue weighted by Crippen LogP contribution is -2.37. The van der Waals surface area contributed by atoms with Gasteiger partial charge >= 0.3 is 0 Å². The van der Waals surface area contributed by atoms with E-state index in [4.69, 9.17) is 11.6 Å². The molecule has 0 heterocycles. The fourth-order valence-electron chi connectivity index (χ4n) is 3.52. The van der Waals surface area contributed by atoms with Crippen LogP contribution in [-0.2, 0) is 12.8 Å². The number of benzene rings is 1. The van der Waals surface area contributed by atoms with Crippen molar-refractivity contribution < 1.29 is 0 Å². The van der Waals surface area contributed by atoms with Crippen LogP contribution in [0.2, 0.25) is 5.02 Å². The zero-order valence-corrected chi connectivity index (χ0v) is 13.1. The lowest BCUT2D eigenvalue weighted by molar-refractivity contribution is 0.441. The lowest BCUT2D eigenvalue weighted by atomic mass is 10.1. The number of hydrogen-bond acceptors (Lipinski definition) is 2. The summed E-state index contributed by atoms with van der Waals surface area (Å²) in [5.74, 6) is 1.25. The van der Waals surface area contributed by atoms with E-state index in [9.17, 15) is 0 Å². The molecule has 0 spiro atoms. The number of fused-ring (bicyclic) bond motifs is 1. The van der Waals surface area contributed by atoms with Gasteiger partial charge in [0.05, 0.1) is 0 Å². The third-order valence-electron chi connectivity index (χ3n) is 4.36. The highest BCUT2D eigenvalue weighted by Gasteiger charge is 2.29. The summed E-state index contributed by atoms with van der Waals surface area (Å²) in [4.78, 5) is 0. The Balaban J connectivity index is 1.54. The molecule has 3 atom stereocenters. The molecule has 104 valence electrons. The van der Waals surface area contributed by atoms with Gasteiger partial charge in [-0.05, 0) is 61.1 Å².